The molecule has 2 aromatic rings. The van der Waals surface area contributed by atoms with Crippen LogP contribution >= 0.6 is 0 Å². The van der Waals surface area contributed by atoms with E-state index in [1.54, 1.807) is 30.5 Å². The summed E-state index contributed by atoms with van der Waals surface area (Å²) in [6, 6.07) is 10.8. The Hall–Kier alpha value is -2.58. The fourth-order valence-corrected chi connectivity index (χ4v) is 1.69. The smallest absolute Gasteiger partial charge is 0.138 e. The van der Waals surface area contributed by atoms with Crippen LogP contribution < -0.4 is 9.47 Å². The van der Waals surface area contributed by atoms with Crippen molar-refractivity contribution in [3.05, 3.63) is 53.3 Å². The number of ether oxygens (including phenoxy) is 2. The van der Waals surface area contributed by atoms with Gasteiger partial charge in [-0.1, -0.05) is 6.07 Å². The fraction of sp³-hybridized carbons (Fsp3) is 0.200. The van der Waals surface area contributed by atoms with Crippen LogP contribution in [0.15, 0.2) is 36.5 Å². The minimum Gasteiger partial charge on any atom is -0.495 e. The molecular weight excluding hydrogens is 256 g/mol. The maximum absolute atomic E-state index is 9.01. The Morgan fingerprint density at radius 2 is 2.15 bits per heavy atom. The van der Waals surface area contributed by atoms with Gasteiger partial charge in [0.05, 0.1) is 31.2 Å². The number of aliphatic hydroxyl groups is 1. The average Bonchev–Trinajstić information content (AvgIpc) is 2.53. The standard InChI is InChI=1S/C15H14N2O3/c1-19-15-5-2-11(6-12(15)7-16)10-20-14-4-3-13(9-18)17-8-14/h2-6,8,18H,9-10H2,1H3. The molecule has 1 aromatic carbocycles. The van der Waals surface area contributed by atoms with Crippen LogP contribution in [0.25, 0.3) is 0 Å². The minimum absolute atomic E-state index is 0.0930. The van der Waals surface area contributed by atoms with E-state index in [1.165, 1.54) is 7.11 Å². The number of hydrogen-bond acceptors (Lipinski definition) is 5. The third-order valence-electron chi connectivity index (χ3n) is 2.75. The van der Waals surface area contributed by atoms with Crippen LogP contribution in [0.4, 0.5) is 0 Å². The molecule has 2 rings (SSSR count). The van der Waals surface area contributed by atoms with Gasteiger partial charge in [0.2, 0.25) is 0 Å². The van der Waals surface area contributed by atoms with Crippen LogP contribution in [-0.2, 0) is 13.2 Å². The van der Waals surface area contributed by atoms with Gasteiger partial charge in [-0.05, 0) is 29.8 Å². The van der Waals surface area contributed by atoms with Gasteiger partial charge in [0, 0.05) is 0 Å². The number of methoxy groups -OCH3 is 1. The summed E-state index contributed by atoms with van der Waals surface area (Å²) in [5, 5.41) is 17.9. The molecule has 1 N–H and O–H groups in total. The van der Waals surface area contributed by atoms with E-state index in [2.05, 4.69) is 11.1 Å². The Bertz CT molecular complexity index is 618. The van der Waals surface area contributed by atoms with Gasteiger partial charge in [-0.25, -0.2) is 0 Å². The molecule has 0 atom stereocenters. The molecule has 5 nitrogen and oxygen atoms in total. The van der Waals surface area contributed by atoms with Gasteiger partial charge in [-0.2, -0.15) is 5.26 Å². The predicted molar refractivity (Wildman–Crippen MR) is 72.2 cm³/mol. The van der Waals surface area contributed by atoms with Crippen LogP contribution in [0.5, 0.6) is 11.5 Å². The summed E-state index contributed by atoms with van der Waals surface area (Å²) in [5.41, 5.74) is 1.93. The van der Waals surface area contributed by atoms with E-state index in [-0.39, 0.29) is 6.61 Å². The van der Waals surface area contributed by atoms with E-state index in [1.807, 2.05) is 6.07 Å². The first-order valence-electron chi connectivity index (χ1n) is 6.02. The highest BCUT2D eigenvalue weighted by Gasteiger charge is 2.04. The Morgan fingerprint density at radius 1 is 1.30 bits per heavy atom. The van der Waals surface area contributed by atoms with Crippen LogP contribution in [0.1, 0.15) is 16.8 Å². The zero-order valence-corrected chi connectivity index (χ0v) is 11.0. The largest absolute Gasteiger partial charge is 0.495 e. The highest BCUT2D eigenvalue weighted by Crippen LogP contribution is 2.20. The number of nitrogens with zero attached hydrogens (tertiary/aromatic N) is 2. The first-order valence-corrected chi connectivity index (χ1v) is 6.02. The Labute approximate surface area is 117 Å². The third-order valence-corrected chi connectivity index (χ3v) is 2.75. The first kappa shape index (κ1) is 13.8. The fourth-order valence-electron chi connectivity index (χ4n) is 1.69. The van der Waals surface area contributed by atoms with E-state index in [0.29, 0.717) is 29.4 Å². The summed E-state index contributed by atoms with van der Waals surface area (Å²) in [5.74, 6) is 1.15. The molecule has 0 fully saturated rings. The highest BCUT2D eigenvalue weighted by molar-refractivity contribution is 5.45. The molecule has 0 saturated carbocycles. The lowest BCUT2D eigenvalue weighted by molar-refractivity contribution is 0.275. The second kappa shape index (κ2) is 6.55. The number of aliphatic hydroxyl groups excluding tert-OH is 1. The molecule has 0 saturated heterocycles. The third kappa shape index (κ3) is 3.25. The zero-order chi connectivity index (χ0) is 14.4. The maximum atomic E-state index is 9.01. The van der Waals surface area contributed by atoms with Gasteiger partial charge in [-0.3, -0.25) is 4.98 Å². The van der Waals surface area contributed by atoms with Crippen LogP contribution in [0.2, 0.25) is 0 Å². The number of aromatic nitrogens is 1. The van der Waals surface area contributed by atoms with Crippen LogP contribution in [-0.4, -0.2) is 17.2 Å². The molecule has 0 aliphatic rings. The molecule has 1 aromatic heterocycles. The molecule has 0 aliphatic heterocycles. The van der Waals surface area contributed by atoms with Crippen molar-refractivity contribution in [2.24, 2.45) is 0 Å². The summed E-state index contributed by atoms with van der Waals surface area (Å²) >= 11 is 0. The second-order valence-corrected chi connectivity index (χ2v) is 4.08. The normalized spacial score (nSPS) is 9.85. The quantitative estimate of drug-likeness (QED) is 0.899. The van der Waals surface area contributed by atoms with Gasteiger partial charge in [-0.15, -0.1) is 0 Å². The predicted octanol–water partition coefficient (Wildman–Crippen LogP) is 2.03. The molecule has 5 heteroatoms. The van der Waals surface area contributed by atoms with E-state index < -0.39 is 0 Å². The summed E-state index contributed by atoms with van der Waals surface area (Å²) < 4.78 is 10.7. The highest BCUT2D eigenvalue weighted by atomic mass is 16.5. The van der Waals surface area contributed by atoms with E-state index >= 15 is 0 Å². The van der Waals surface area contributed by atoms with Crippen molar-refractivity contribution in [1.82, 2.24) is 4.98 Å². The number of nitriles is 1. The van der Waals surface area contributed by atoms with Crippen LogP contribution in [0, 0.1) is 11.3 Å². The SMILES string of the molecule is COc1ccc(COc2ccc(CO)nc2)cc1C#N. The maximum Gasteiger partial charge on any atom is 0.138 e. The Kier molecular flexibility index (Phi) is 4.53. The molecule has 0 bridgehead atoms. The van der Waals surface area contributed by atoms with Crippen LogP contribution in [0.3, 0.4) is 0 Å². The molecule has 102 valence electrons. The lowest BCUT2D eigenvalue weighted by Gasteiger charge is -2.08. The molecule has 0 unspecified atom stereocenters. The number of rotatable bonds is 5. The van der Waals surface area contributed by atoms with Gasteiger partial charge >= 0.3 is 0 Å². The van der Waals surface area contributed by atoms with E-state index in [4.69, 9.17) is 19.8 Å². The summed E-state index contributed by atoms with van der Waals surface area (Å²) in [7, 11) is 1.53. The van der Waals surface area contributed by atoms with Gasteiger partial charge < -0.3 is 14.6 Å². The topological polar surface area (TPSA) is 75.4 Å². The molecule has 20 heavy (non-hydrogen) atoms. The van der Waals surface area contributed by atoms with Crippen molar-refractivity contribution >= 4 is 0 Å². The summed E-state index contributed by atoms with van der Waals surface area (Å²) in [4.78, 5) is 4.02. The Balaban J connectivity index is 2.05. The molecule has 0 aliphatic carbocycles. The number of hydrogen-bond donors (Lipinski definition) is 1. The van der Waals surface area contributed by atoms with Crippen molar-refractivity contribution in [2.75, 3.05) is 7.11 Å². The molecule has 0 amide bonds. The van der Waals surface area contributed by atoms with Gasteiger partial charge in [0.1, 0.15) is 24.2 Å². The van der Waals surface area contributed by atoms with Crippen molar-refractivity contribution in [3.63, 3.8) is 0 Å². The molecule has 1 heterocycles. The lowest BCUT2D eigenvalue weighted by atomic mass is 10.1. The van der Waals surface area contributed by atoms with Gasteiger partial charge in [0.15, 0.2) is 0 Å². The van der Waals surface area contributed by atoms with Gasteiger partial charge in [0.25, 0.3) is 0 Å². The van der Waals surface area contributed by atoms with E-state index in [9.17, 15) is 0 Å². The van der Waals surface area contributed by atoms with Crippen molar-refractivity contribution in [3.8, 4) is 17.6 Å². The Morgan fingerprint density at radius 3 is 2.75 bits per heavy atom. The molecule has 0 spiro atoms. The van der Waals surface area contributed by atoms with Crippen molar-refractivity contribution in [2.45, 2.75) is 13.2 Å². The van der Waals surface area contributed by atoms with Crippen molar-refractivity contribution < 1.29 is 14.6 Å². The second-order valence-electron chi connectivity index (χ2n) is 4.08. The van der Waals surface area contributed by atoms with Crippen molar-refractivity contribution in [1.29, 1.82) is 5.26 Å². The monoisotopic (exact) mass is 270 g/mol. The zero-order valence-electron chi connectivity index (χ0n) is 11.0. The molecule has 0 radical (unpaired) electrons. The minimum atomic E-state index is -0.0930. The summed E-state index contributed by atoms with van der Waals surface area (Å²) in [6.07, 6.45) is 1.56. The average molecular weight is 270 g/mol. The lowest BCUT2D eigenvalue weighted by Crippen LogP contribution is -1.98. The first-order chi connectivity index (χ1) is 9.76. The molecular formula is C15H14N2O3. The summed E-state index contributed by atoms with van der Waals surface area (Å²) in [6.45, 7) is 0.239. The number of benzene rings is 1. The number of pyridine rings is 1. The van der Waals surface area contributed by atoms with E-state index in [0.717, 1.165) is 5.56 Å².